The van der Waals surface area contributed by atoms with Crippen molar-refractivity contribution in [3.8, 4) is 0 Å². The summed E-state index contributed by atoms with van der Waals surface area (Å²) in [6.07, 6.45) is 2.77. The van der Waals surface area contributed by atoms with E-state index >= 15 is 0 Å². The van der Waals surface area contributed by atoms with E-state index in [1.165, 1.54) is 0 Å². The molecule has 1 aromatic heterocycles. The van der Waals surface area contributed by atoms with E-state index < -0.39 is 0 Å². The fourth-order valence-corrected chi connectivity index (χ4v) is 2.37. The zero-order valence-electron chi connectivity index (χ0n) is 11.3. The Morgan fingerprint density at radius 3 is 2.78 bits per heavy atom. The van der Waals surface area contributed by atoms with Crippen LogP contribution in [-0.4, -0.2) is 35.9 Å². The third kappa shape index (κ3) is 2.63. The van der Waals surface area contributed by atoms with Crippen LogP contribution in [0.3, 0.4) is 0 Å². The van der Waals surface area contributed by atoms with Crippen LogP contribution in [-0.2, 0) is 0 Å². The van der Waals surface area contributed by atoms with Crippen molar-refractivity contribution in [2.45, 2.75) is 20.3 Å². The van der Waals surface area contributed by atoms with Crippen molar-refractivity contribution in [1.82, 2.24) is 9.88 Å². The monoisotopic (exact) mass is 247 g/mol. The lowest BCUT2D eigenvalue weighted by Crippen LogP contribution is -2.29. The van der Waals surface area contributed by atoms with Gasteiger partial charge in [-0.3, -0.25) is 4.79 Å². The molecule has 1 aliphatic rings. The normalized spacial score (nSPS) is 19.3. The molecule has 4 nitrogen and oxygen atoms in total. The van der Waals surface area contributed by atoms with Crippen LogP contribution in [0.5, 0.6) is 0 Å². The summed E-state index contributed by atoms with van der Waals surface area (Å²) in [6, 6.07) is 3.67. The van der Waals surface area contributed by atoms with Crippen molar-refractivity contribution < 1.29 is 4.79 Å². The maximum absolute atomic E-state index is 12.3. The lowest BCUT2D eigenvalue weighted by molar-refractivity contribution is 0.0783. The molecule has 1 atom stereocenters. The van der Waals surface area contributed by atoms with Gasteiger partial charge in [0.05, 0.1) is 5.56 Å². The minimum atomic E-state index is 0.105. The van der Waals surface area contributed by atoms with Crippen molar-refractivity contribution in [3.63, 3.8) is 0 Å². The smallest absolute Gasteiger partial charge is 0.255 e. The van der Waals surface area contributed by atoms with E-state index in [-0.39, 0.29) is 5.91 Å². The van der Waals surface area contributed by atoms with Crippen LogP contribution >= 0.6 is 0 Å². The lowest BCUT2D eigenvalue weighted by Gasteiger charge is -2.18. The SMILES string of the molecule is CNc1ccc(C(=O)N2CCC(C(C)C)C2)cn1. The number of amides is 1. The maximum atomic E-state index is 12.3. The molecule has 2 heterocycles. The van der Waals surface area contributed by atoms with Gasteiger partial charge in [-0.2, -0.15) is 0 Å². The summed E-state index contributed by atoms with van der Waals surface area (Å²) in [6.45, 7) is 6.20. The molecule has 2 rings (SSSR count). The highest BCUT2D eigenvalue weighted by molar-refractivity contribution is 5.94. The van der Waals surface area contributed by atoms with E-state index in [2.05, 4.69) is 24.1 Å². The van der Waals surface area contributed by atoms with E-state index in [4.69, 9.17) is 0 Å². The summed E-state index contributed by atoms with van der Waals surface area (Å²) in [5.41, 5.74) is 0.679. The number of likely N-dealkylation sites (tertiary alicyclic amines) is 1. The van der Waals surface area contributed by atoms with Gasteiger partial charge in [0.25, 0.3) is 5.91 Å². The van der Waals surface area contributed by atoms with Crippen molar-refractivity contribution >= 4 is 11.7 Å². The molecule has 1 saturated heterocycles. The van der Waals surface area contributed by atoms with Crippen LogP contribution in [0.4, 0.5) is 5.82 Å². The first kappa shape index (κ1) is 12.9. The standard InChI is InChI=1S/C14H21N3O/c1-10(2)12-6-7-17(9-12)14(18)11-4-5-13(15-3)16-8-11/h4-5,8,10,12H,6-7,9H2,1-3H3,(H,15,16). The maximum Gasteiger partial charge on any atom is 0.255 e. The molecular weight excluding hydrogens is 226 g/mol. The number of hydrogen-bond acceptors (Lipinski definition) is 3. The van der Waals surface area contributed by atoms with E-state index in [0.717, 1.165) is 25.3 Å². The number of carbonyl (C=O) groups is 1. The Balaban J connectivity index is 2.03. The highest BCUT2D eigenvalue weighted by Crippen LogP contribution is 2.24. The minimum absolute atomic E-state index is 0.105. The molecule has 18 heavy (non-hydrogen) atoms. The Labute approximate surface area is 108 Å². The molecule has 0 saturated carbocycles. The molecular formula is C14H21N3O. The van der Waals surface area contributed by atoms with Crippen LogP contribution in [0.2, 0.25) is 0 Å². The lowest BCUT2D eigenvalue weighted by atomic mass is 9.95. The van der Waals surface area contributed by atoms with Gasteiger partial charge in [-0.05, 0) is 30.4 Å². The van der Waals surface area contributed by atoms with Gasteiger partial charge >= 0.3 is 0 Å². The average Bonchev–Trinajstić information content (AvgIpc) is 2.88. The van der Waals surface area contributed by atoms with Gasteiger partial charge in [-0.15, -0.1) is 0 Å². The van der Waals surface area contributed by atoms with Crippen molar-refractivity contribution in [2.75, 3.05) is 25.5 Å². The molecule has 0 radical (unpaired) electrons. The number of rotatable bonds is 3. The first-order chi connectivity index (χ1) is 8.61. The molecule has 1 amide bonds. The Morgan fingerprint density at radius 2 is 2.28 bits per heavy atom. The van der Waals surface area contributed by atoms with Gasteiger partial charge in [0, 0.05) is 26.3 Å². The molecule has 0 bridgehead atoms. The quantitative estimate of drug-likeness (QED) is 0.891. The highest BCUT2D eigenvalue weighted by atomic mass is 16.2. The Kier molecular flexibility index (Phi) is 3.84. The second-order valence-electron chi connectivity index (χ2n) is 5.23. The third-order valence-electron chi connectivity index (χ3n) is 3.72. The van der Waals surface area contributed by atoms with Gasteiger partial charge in [0.2, 0.25) is 0 Å². The zero-order chi connectivity index (χ0) is 13.1. The first-order valence-corrected chi connectivity index (χ1v) is 6.55. The number of hydrogen-bond donors (Lipinski definition) is 1. The Morgan fingerprint density at radius 1 is 1.50 bits per heavy atom. The fourth-order valence-electron chi connectivity index (χ4n) is 2.37. The number of nitrogens with one attached hydrogen (secondary N) is 1. The van der Waals surface area contributed by atoms with Gasteiger partial charge in [-0.1, -0.05) is 13.8 Å². The summed E-state index contributed by atoms with van der Waals surface area (Å²) in [4.78, 5) is 18.4. The molecule has 4 heteroatoms. The predicted molar refractivity (Wildman–Crippen MR) is 72.6 cm³/mol. The summed E-state index contributed by atoms with van der Waals surface area (Å²) < 4.78 is 0. The summed E-state index contributed by atoms with van der Waals surface area (Å²) in [7, 11) is 1.82. The molecule has 1 unspecified atom stereocenters. The van der Waals surface area contributed by atoms with Gasteiger partial charge in [-0.25, -0.2) is 4.98 Å². The molecule has 1 aromatic rings. The number of anilines is 1. The van der Waals surface area contributed by atoms with Crippen LogP contribution in [0, 0.1) is 11.8 Å². The van der Waals surface area contributed by atoms with Crippen LogP contribution in [0.15, 0.2) is 18.3 Å². The number of nitrogens with zero attached hydrogens (tertiary/aromatic N) is 2. The van der Waals surface area contributed by atoms with E-state index in [9.17, 15) is 4.79 Å². The number of pyridine rings is 1. The molecule has 1 N–H and O–H groups in total. The fraction of sp³-hybridized carbons (Fsp3) is 0.571. The highest BCUT2D eigenvalue weighted by Gasteiger charge is 2.28. The first-order valence-electron chi connectivity index (χ1n) is 6.55. The van der Waals surface area contributed by atoms with Crippen LogP contribution < -0.4 is 5.32 Å². The van der Waals surface area contributed by atoms with E-state index in [1.54, 1.807) is 6.20 Å². The number of carbonyl (C=O) groups excluding carboxylic acids is 1. The topological polar surface area (TPSA) is 45.2 Å². The average molecular weight is 247 g/mol. The van der Waals surface area contributed by atoms with Crippen molar-refractivity contribution in [3.05, 3.63) is 23.9 Å². The Hall–Kier alpha value is -1.58. The molecule has 0 spiro atoms. The summed E-state index contributed by atoms with van der Waals surface area (Å²) in [5, 5.41) is 2.95. The molecule has 1 fully saturated rings. The zero-order valence-corrected chi connectivity index (χ0v) is 11.3. The molecule has 0 aliphatic carbocycles. The van der Waals surface area contributed by atoms with E-state index in [0.29, 0.717) is 17.4 Å². The van der Waals surface area contributed by atoms with Gasteiger partial charge in [0.15, 0.2) is 0 Å². The van der Waals surface area contributed by atoms with Crippen molar-refractivity contribution in [1.29, 1.82) is 0 Å². The largest absolute Gasteiger partial charge is 0.373 e. The molecule has 0 aromatic carbocycles. The minimum Gasteiger partial charge on any atom is -0.373 e. The van der Waals surface area contributed by atoms with E-state index in [1.807, 2.05) is 24.1 Å². The van der Waals surface area contributed by atoms with Gasteiger partial charge < -0.3 is 10.2 Å². The van der Waals surface area contributed by atoms with Crippen molar-refractivity contribution in [2.24, 2.45) is 11.8 Å². The Bertz CT molecular complexity index is 414. The number of aromatic nitrogens is 1. The summed E-state index contributed by atoms with van der Waals surface area (Å²) in [5.74, 6) is 2.17. The van der Waals surface area contributed by atoms with Crippen LogP contribution in [0.25, 0.3) is 0 Å². The predicted octanol–water partition coefficient (Wildman–Crippen LogP) is 2.24. The molecule has 98 valence electrons. The van der Waals surface area contributed by atoms with Gasteiger partial charge in [0.1, 0.15) is 5.82 Å². The molecule has 1 aliphatic heterocycles. The second kappa shape index (κ2) is 5.38. The second-order valence-corrected chi connectivity index (χ2v) is 5.23. The third-order valence-corrected chi connectivity index (χ3v) is 3.72. The summed E-state index contributed by atoms with van der Waals surface area (Å²) >= 11 is 0. The van der Waals surface area contributed by atoms with Crippen LogP contribution in [0.1, 0.15) is 30.6 Å².